The van der Waals surface area contributed by atoms with Crippen molar-refractivity contribution in [1.29, 1.82) is 0 Å². The molecular formula is C7H2ClF2NO. The van der Waals surface area contributed by atoms with Gasteiger partial charge in [0.1, 0.15) is 11.5 Å². The second-order valence-corrected chi connectivity index (χ2v) is 2.33. The summed E-state index contributed by atoms with van der Waals surface area (Å²) in [6.45, 7) is 0. The molecule has 0 saturated carbocycles. The Kier molecular flexibility index (Phi) is 2.53. The van der Waals surface area contributed by atoms with E-state index in [9.17, 15) is 13.6 Å². The van der Waals surface area contributed by atoms with Crippen molar-refractivity contribution in [2.75, 3.05) is 0 Å². The van der Waals surface area contributed by atoms with Gasteiger partial charge in [0.15, 0.2) is 5.82 Å². The monoisotopic (exact) mass is 189 g/mol. The standard InChI is InChI=1S/C7H2ClF2NO/c8-4-1-6(10)7(11-3-12)2-5(4)9/h1-2H. The lowest BCUT2D eigenvalue weighted by Crippen LogP contribution is -1.81. The van der Waals surface area contributed by atoms with Gasteiger partial charge in [0, 0.05) is 6.07 Å². The molecule has 0 spiro atoms. The van der Waals surface area contributed by atoms with Crippen LogP contribution in [-0.2, 0) is 4.79 Å². The van der Waals surface area contributed by atoms with Crippen LogP contribution in [-0.4, -0.2) is 6.08 Å². The average Bonchev–Trinajstić information content (AvgIpc) is 2.01. The molecule has 0 N–H and O–H groups in total. The summed E-state index contributed by atoms with van der Waals surface area (Å²) < 4.78 is 25.3. The Hall–Kier alpha value is -1.25. The van der Waals surface area contributed by atoms with Crippen LogP contribution >= 0.6 is 11.6 Å². The van der Waals surface area contributed by atoms with Crippen LogP contribution < -0.4 is 0 Å². The van der Waals surface area contributed by atoms with Crippen LogP contribution in [0.25, 0.3) is 0 Å². The summed E-state index contributed by atoms with van der Waals surface area (Å²) in [5, 5.41) is -0.350. The van der Waals surface area contributed by atoms with Crippen molar-refractivity contribution in [3.8, 4) is 0 Å². The first-order chi connectivity index (χ1) is 5.65. The third kappa shape index (κ3) is 1.67. The van der Waals surface area contributed by atoms with E-state index in [2.05, 4.69) is 4.99 Å². The van der Waals surface area contributed by atoms with Gasteiger partial charge in [-0.15, -0.1) is 0 Å². The highest BCUT2D eigenvalue weighted by molar-refractivity contribution is 6.30. The van der Waals surface area contributed by atoms with Gasteiger partial charge in [0.2, 0.25) is 6.08 Å². The molecule has 0 bridgehead atoms. The van der Waals surface area contributed by atoms with E-state index in [-0.39, 0.29) is 5.02 Å². The van der Waals surface area contributed by atoms with E-state index in [1.54, 1.807) is 0 Å². The van der Waals surface area contributed by atoms with Crippen LogP contribution in [0.3, 0.4) is 0 Å². The lowest BCUT2D eigenvalue weighted by atomic mass is 10.3. The molecule has 0 amide bonds. The summed E-state index contributed by atoms with van der Waals surface area (Å²) in [4.78, 5) is 12.6. The van der Waals surface area contributed by atoms with E-state index in [0.717, 1.165) is 18.2 Å². The van der Waals surface area contributed by atoms with E-state index in [0.29, 0.717) is 0 Å². The number of halogens is 3. The number of carbonyl (C=O) groups excluding carboxylic acids is 1. The minimum atomic E-state index is -0.857. The van der Waals surface area contributed by atoms with Crippen molar-refractivity contribution in [3.63, 3.8) is 0 Å². The van der Waals surface area contributed by atoms with E-state index >= 15 is 0 Å². The Balaban J connectivity index is 3.32. The summed E-state index contributed by atoms with van der Waals surface area (Å²) in [5.41, 5.74) is -0.410. The fraction of sp³-hybridized carbons (Fsp3) is 0. The number of nitrogens with zero attached hydrogens (tertiary/aromatic N) is 1. The lowest BCUT2D eigenvalue weighted by Gasteiger charge is -1.96. The van der Waals surface area contributed by atoms with Crippen molar-refractivity contribution in [3.05, 3.63) is 28.8 Å². The third-order valence-corrected chi connectivity index (χ3v) is 1.45. The van der Waals surface area contributed by atoms with Gasteiger partial charge < -0.3 is 0 Å². The maximum absolute atomic E-state index is 12.7. The Morgan fingerprint density at radius 3 is 2.58 bits per heavy atom. The van der Waals surface area contributed by atoms with Crippen LogP contribution in [0.5, 0.6) is 0 Å². The van der Waals surface area contributed by atoms with Crippen LogP contribution in [0.4, 0.5) is 14.5 Å². The smallest absolute Gasteiger partial charge is 0.211 e. The molecule has 5 heteroatoms. The maximum atomic E-state index is 12.7. The Morgan fingerprint density at radius 1 is 1.33 bits per heavy atom. The van der Waals surface area contributed by atoms with Gasteiger partial charge in [-0.25, -0.2) is 13.6 Å². The van der Waals surface area contributed by atoms with E-state index < -0.39 is 17.3 Å². The van der Waals surface area contributed by atoms with Crippen molar-refractivity contribution in [2.24, 2.45) is 4.99 Å². The molecule has 0 heterocycles. The number of benzene rings is 1. The fourth-order valence-electron chi connectivity index (χ4n) is 0.647. The van der Waals surface area contributed by atoms with Gasteiger partial charge in [-0.2, -0.15) is 4.99 Å². The SMILES string of the molecule is O=C=Nc1cc(F)c(Cl)cc1F. The molecule has 0 aliphatic carbocycles. The van der Waals surface area contributed by atoms with Crippen molar-refractivity contribution in [1.82, 2.24) is 0 Å². The van der Waals surface area contributed by atoms with Gasteiger partial charge in [-0.3, -0.25) is 0 Å². The predicted octanol–water partition coefficient (Wildman–Crippen LogP) is 2.59. The topological polar surface area (TPSA) is 29.4 Å². The van der Waals surface area contributed by atoms with Gasteiger partial charge in [-0.1, -0.05) is 11.6 Å². The summed E-state index contributed by atoms with van der Waals surface area (Å²) >= 11 is 5.23. The van der Waals surface area contributed by atoms with Crippen LogP contribution in [0.2, 0.25) is 5.02 Å². The van der Waals surface area contributed by atoms with E-state index in [1.807, 2.05) is 0 Å². The van der Waals surface area contributed by atoms with Gasteiger partial charge in [0.05, 0.1) is 5.02 Å². The molecular weight excluding hydrogens is 188 g/mol. The molecule has 1 aromatic carbocycles. The number of aliphatic imine (C=N–C) groups is 1. The van der Waals surface area contributed by atoms with Gasteiger partial charge in [0.25, 0.3) is 0 Å². The van der Waals surface area contributed by atoms with Crippen LogP contribution in [0, 0.1) is 11.6 Å². The molecule has 0 aromatic heterocycles. The van der Waals surface area contributed by atoms with Crippen molar-refractivity contribution < 1.29 is 13.6 Å². The first kappa shape index (κ1) is 8.84. The number of rotatable bonds is 1. The molecule has 62 valence electrons. The molecule has 0 aliphatic heterocycles. The molecule has 1 aromatic rings. The summed E-state index contributed by atoms with van der Waals surface area (Å²) in [7, 11) is 0. The highest BCUT2D eigenvalue weighted by Gasteiger charge is 2.06. The van der Waals surface area contributed by atoms with Gasteiger partial charge in [-0.05, 0) is 6.07 Å². The lowest BCUT2D eigenvalue weighted by molar-refractivity contribution is 0.564. The quantitative estimate of drug-likeness (QED) is 0.379. The number of hydrogen-bond acceptors (Lipinski definition) is 2. The maximum Gasteiger partial charge on any atom is 0.240 e. The summed E-state index contributed by atoms with van der Waals surface area (Å²) in [5.74, 6) is -1.68. The molecule has 0 fully saturated rings. The molecule has 2 nitrogen and oxygen atoms in total. The first-order valence-electron chi connectivity index (χ1n) is 2.87. The molecule has 12 heavy (non-hydrogen) atoms. The largest absolute Gasteiger partial charge is 0.240 e. The Bertz CT molecular complexity index is 361. The zero-order valence-corrected chi connectivity index (χ0v) is 6.40. The average molecular weight is 190 g/mol. The fourth-order valence-corrected chi connectivity index (χ4v) is 0.797. The summed E-state index contributed by atoms with van der Waals surface area (Å²) in [6, 6.07) is 1.47. The summed E-state index contributed by atoms with van der Waals surface area (Å²) in [6.07, 6.45) is 1.10. The number of hydrogen-bond donors (Lipinski definition) is 0. The second kappa shape index (κ2) is 3.43. The van der Waals surface area contributed by atoms with Crippen LogP contribution in [0.1, 0.15) is 0 Å². The number of isocyanates is 1. The predicted molar refractivity (Wildman–Crippen MR) is 39.1 cm³/mol. The Labute approximate surface area is 71.5 Å². The zero-order valence-electron chi connectivity index (χ0n) is 5.64. The highest BCUT2D eigenvalue weighted by Crippen LogP contribution is 2.24. The molecule has 0 atom stereocenters. The van der Waals surface area contributed by atoms with E-state index in [4.69, 9.17) is 11.6 Å². The Morgan fingerprint density at radius 2 is 2.00 bits per heavy atom. The minimum Gasteiger partial charge on any atom is -0.211 e. The molecule has 1 rings (SSSR count). The molecule has 0 saturated heterocycles. The van der Waals surface area contributed by atoms with Gasteiger partial charge >= 0.3 is 0 Å². The second-order valence-electron chi connectivity index (χ2n) is 1.92. The molecule has 0 unspecified atom stereocenters. The molecule has 0 radical (unpaired) electrons. The zero-order chi connectivity index (χ0) is 9.14. The first-order valence-corrected chi connectivity index (χ1v) is 3.25. The normalized spacial score (nSPS) is 9.25. The minimum absolute atomic E-state index is 0.350. The van der Waals surface area contributed by atoms with Crippen molar-refractivity contribution >= 4 is 23.4 Å². The van der Waals surface area contributed by atoms with E-state index in [1.165, 1.54) is 0 Å². The molecule has 0 aliphatic rings. The van der Waals surface area contributed by atoms with Crippen molar-refractivity contribution in [2.45, 2.75) is 0 Å². The van der Waals surface area contributed by atoms with Crippen LogP contribution in [0.15, 0.2) is 17.1 Å². The third-order valence-electron chi connectivity index (χ3n) is 1.16. The highest BCUT2D eigenvalue weighted by atomic mass is 35.5.